The fraction of sp³-hybridized carbons (Fsp3) is 0.348. The largest absolute Gasteiger partial charge is 0.376 e. The molecule has 2 aromatic rings. The van der Waals surface area contributed by atoms with Crippen molar-refractivity contribution in [1.29, 1.82) is 0 Å². The van der Waals surface area contributed by atoms with E-state index in [9.17, 15) is 14.4 Å². The number of hydrogen-bond acceptors (Lipinski definition) is 4. The van der Waals surface area contributed by atoms with Gasteiger partial charge in [-0.05, 0) is 42.8 Å². The molecule has 0 saturated carbocycles. The zero-order valence-corrected chi connectivity index (χ0v) is 17.7. The third-order valence-corrected chi connectivity index (χ3v) is 4.33. The summed E-state index contributed by atoms with van der Waals surface area (Å²) >= 11 is 0. The summed E-state index contributed by atoms with van der Waals surface area (Å²) in [5.41, 5.74) is 2.45. The summed E-state index contributed by atoms with van der Waals surface area (Å²) in [5, 5.41) is 11.5. The van der Waals surface area contributed by atoms with Gasteiger partial charge in [-0.25, -0.2) is 0 Å². The van der Waals surface area contributed by atoms with Crippen molar-refractivity contribution in [3.05, 3.63) is 54.1 Å². The van der Waals surface area contributed by atoms with Crippen LogP contribution in [0.1, 0.15) is 44.0 Å². The Morgan fingerprint density at radius 3 is 2.27 bits per heavy atom. The molecular formula is C23H30N4O3. The summed E-state index contributed by atoms with van der Waals surface area (Å²) < 4.78 is 0. The summed E-state index contributed by atoms with van der Waals surface area (Å²) in [6.07, 6.45) is 1.95. The van der Waals surface area contributed by atoms with Crippen LogP contribution in [-0.4, -0.2) is 30.8 Å². The fourth-order valence-corrected chi connectivity index (χ4v) is 2.60. The molecule has 2 aromatic carbocycles. The number of hydrogen-bond donors (Lipinski definition) is 4. The van der Waals surface area contributed by atoms with Crippen LogP contribution in [0.4, 0.5) is 17.1 Å². The molecule has 0 aromatic heterocycles. The Morgan fingerprint density at radius 2 is 1.57 bits per heavy atom. The molecule has 0 saturated heterocycles. The van der Waals surface area contributed by atoms with E-state index >= 15 is 0 Å². The Kier molecular flexibility index (Phi) is 8.87. The van der Waals surface area contributed by atoms with Crippen molar-refractivity contribution in [2.24, 2.45) is 5.92 Å². The van der Waals surface area contributed by atoms with E-state index in [-0.39, 0.29) is 30.2 Å². The lowest BCUT2D eigenvalue weighted by atomic mass is 10.2. The van der Waals surface area contributed by atoms with Crippen LogP contribution < -0.4 is 21.3 Å². The van der Waals surface area contributed by atoms with E-state index in [4.69, 9.17) is 0 Å². The first-order chi connectivity index (χ1) is 14.4. The van der Waals surface area contributed by atoms with Crippen molar-refractivity contribution < 1.29 is 14.4 Å². The Labute approximate surface area is 177 Å². The van der Waals surface area contributed by atoms with Gasteiger partial charge in [0, 0.05) is 35.1 Å². The normalized spacial score (nSPS) is 10.4. The van der Waals surface area contributed by atoms with E-state index in [1.807, 2.05) is 13.8 Å². The monoisotopic (exact) mass is 410 g/mol. The average molecular weight is 411 g/mol. The highest BCUT2D eigenvalue weighted by Crippen LogP contribution is 2.16. The number of benzene rings is 2. The highest BCUT2D eigenvalue weighted by molar-refractivity contribution is 5.97. The molecule has 4 N–H and O–H groups in total. The van der Waals surface area contributed by atoms with E-state index in [0.29, 0.717) is 29.2 Å². The van der Waals surface area contributed by atoms with Gasteiger partial charge in [-0.1, -0.05) is 39.3 Å². The molecule has 3 amide bonds. The van der Waals surface area contributed by atoms with Gasteiger partial charge in [0.15, 0.2) is 0 Å². The molecule has 0 spiro atoms. The van der Waals surface area contributed by atoms with Crippen molar-refractivity contribution in [1.82, 2.24) is 5.32 Å². The number of carbonyl (C=O) groups is 3. The predicted octanol–water partition coefficient (Wildman–Crippen LogP) is 3.86. The van der Waals surface area contributed by atoms with Gasteiger partial charge in [-0.15, -0.1) is 0 Å². The molecule has 0 unspecified atom stereocenters. The zero-order valence-electron chi connectivity index (χ0n) is 17.7. The number of unbranched alkanes of at least 4 members (excludes halogenated alkanes) is 1. The van der Waals surface area contributed by atoms with Gasteiger partial charge in [-0.3, -0.25) is 14.4 Å². The Morgan fingerprint density at radius 1 is 0.900 bits per heavy atom. The van der Waals surface area contributed by atoms with Gasteiger partial charge in [0.05, 0.1) is 6.54 Å². The minimum absolute atomic E-state index is 0.0451. The quantitative estimate of drug-likeness (QED) is 0.447. The van der Waals surface area contributed by atoms with Crippen LogP contribution >= 0.6 is 0 Å². The Hall–Kier alpha value is -3.35. The lowest BCUT2D eigenvalue weighted by Crippen LogP contribution is -2.25. The first kappa shape index (κ1) is 22.9. The smallest absolute Gasteiger partial charge is 0.251 e. The van der Waals surface area contributed by atoms with Crippen molar-refractivity contribution in [3.8, 4) is 0 Å². The molecule has 0 bridgehead atoms. The predicted molar refractivity (Wildman–Crippen MR) is 121 cm³/mol. The fourth-order valence-electron chi connectivity index (χ4n) is 2.60. The van der Waals surface area contributed by atoms with Crippen LogP contribution in [0, 0.1) is 5.92 Å². The molecule has 0 heterocycles. The summed E-state index contributed by atoms with van der Waals surface area (Å²) in [4.78, 5) is 36.3. The average Bonchev–Trinajstić information content (AvgIpc) is 2.72. The third-order valence-electron chi connectivity index (χ3n) is 4.33. The number of amides is 3. The van der Waals surface area contributed by atoms with E-state index in [2.05, 4.69) is 28.2 Å². The van der Waals surface area contributed by atoms with E-state index < -0.39 is 0 Å². The second-order valence-corrected chi connectivity index (χ2v) is 7.32. The lowest BCUT2D eigenvalue weighted by Gasteiger charge is -2.11. The zero-order chi connectivity index (χ0) is 21.9. The first-order valence-electron chi connectivity index (χ1n) is 10.2. The SMILES string of the molecule is CCCCNC(=O)c1cccc(NCC(=O)Nc2cccc(NC(=O)C(C)C)c2)c1. The van der Waals surface area contributed by atoms with Crippen LogP contribution in [-0.2, 0) is 9.59 Å². The topological polar surface area (TPSA) is 99.3 Å². The number of rotatable bonds is 10. The van der Waals surface area contributed by atoms with Crippen molar-refractivity contribution in [2.45, 2.75) is 33.6 Å². The van der Waals surface area contributed by atoms with Crippen molar-refractivity contribution in [2.75, 3.05) is 29.0 Å². The van der Waals surface area contributed by atoms with Gasteiger partial charge in [-0.2, -0.15) is 0 Å². The number of nitrogens with one attached hydrogen (secondary N) is 4. The van der Waals surface area contributed by atoms with Crippen molar-refractivity contribution in [3.63, 3.8) is 0 Å². The minimum atomic E-state index is -0.236. The van der Waals surface area contributed by atoms with Crippen LogP contribution in [0.25, 0.3) is 0 Å². The van der Waals surface area contributed by atoms with Gasteiger partial charge in [0.2, 0.25) is 11.8 Å². The molecule has 0 aliphatic heterocycles. The molecule has 160 valence electrons. The van der Waals surface area contributed by atoms with Gasteiger partial charge < -0.3 is 21.3 Å². The van der Waals surface area contributed by atoms with E-state index in [0.717, 1.165) is 12.8 Å². The summed E-state index contributed by atoms with van der Waals surface area (Å²) in [6, 6.07) is 14.0. The lowest BCUT2D eigenvalue weighted by molar-refractivity contribution is -0.119. The van der Waals surface area contributed by atoms with Gasteiger partial charge >= 0.3 is 0 Å². The highest BCUT2D eigenvalue weighted by atomic mass is 16.2. The molecule has 2 rings (SSSR count). The molecule has 7 heteroatoms. The molecule has 0 radical (unpaired) electrons. The summed E-state index contributed by atoms with van der Waals surface area (Å²) in [7, 11) is 0. The maximum atomic E-state index is 12.3. The minimum Gasteiger partial charge on any atom is -0.376 e. The van der Waals surface area contributed by atoms with Gasteiger partial charge in [0.25, 0.3) is 5.91 Å². The second-order valence-electron chi connectivity index (χ2n) is 7.32. The Balaban J connectivity index is 1.88. The molecule has 0 fully saturated rings. The van der Waals surface area contributed by atoms with E-state index in [1.165, 1.54) is 0 Å². The van der Waals surface area contributed by atoms with Crippen molar-refractivity contribution >= 4 is 34.8 Å². The van der Waals surface area contributed by atoms with Crippen LogP contribution in [0.15, 0.2) is 48.5 Å². The summed E-state index contributed by atoms with van der Waals surface area (Å²) in [5.74, 6) is -0.576. The second kappa shape index (κ2) is 11.6. The molecule has 0 atom stereocenters. The maximum absolute atomic E-state index is 12.3. The van der Waals surface area contributed by atoms with Gasteiger partial charge in [0.1, 0.15) is 0 Å². The summed E-state index contributed by atoms with van der Waals surface area (Å²) in [6.45, 7) is 6.39. The molecule has 7 nitrogen and oxygen atoms in total. The number of carbonyl (C=O) groups excluding carboxylic acids is 3. The maximum Gasteiger partial charge on any atom is 0.251 e. The first-order valence-corrected chi connectivity index (χ1v) is 10.2. The highest BCUT2D eigenvalue weighted by Gasteiger charge is 2.09. The molecular weight excluding hydrogens is 380 g/mol. The van der Waals surface area contributed by atoms with E-state index in [1.54, 1.807) is 48.5 Å². The van der Waals surface area contributed by atoms with Crippen LogP contribution in [0.5, 0.6) is 0 Å². The molecule has 30 heavy (non-hydrogen) atoms. The number of anilines is 3. The molecule has 0 aliphatic rings. The standard InChI is InChI=1S/C23H30N4O3/c1-4-5-12-24-23(30)17-8-6-9-18(13-17)25-15-21(28)26-19-10-7-11-20(14-19)27-22(29)16(2)3/h6-11,13-14,16,25H,4-5,12,15H2,1-3H3,(H,24,30)(H,26,28)(H,27,29). The third kappa shape index (κ3) is 7.58. The van der Waals surface area contributed by atoms with Crippen LogP contribution in [0.3, 0.4) is 0 Å². The Bertz CT molecular complexity index is 880. The van der Waals surface area contributed by atoms with Crippen LogP contribution in [0.2, 0.25) is 0 Å². The molecule has 0 aliphatic carbocycles.